The Balaban J connectivity index is 1.25. The van der Waals surface area contributed by atoms with E-state index >= 15 is 0 Å². The first-order valence-corrected chi connectivity index (χ1v) is 10.3. The lowest BCUT2D eigenvalue weighted by molar-refractivity contribution is 0.122. The van der Waals surface area contributed by atoms with Gasteiger partial charge in [0.25, 0.3) is 0 Å². The van der Waals surface area contributed by atoms with Gasteiger partial charge in [-0.15, -0.1) is 0 Å². The predicted octanol–water partition coefficient (Wildman–Crippen LogP) is 3.09. The number of aryl methyl sites for hydroxylation is 1. The third kappa shape index (κ3) is 5.05. The molecule has 4 rings (SSSR count). The lowest BCUT2D eigenvalue weighted by Crippen LogP contribution is -2.45. The Kier molecular flexibility index (Phi) is 6.00. The second kappa shape index (κ2) is 8.81. The van der Waals surface area contributed by atoms with Crippen molar-refractivity contribution in [2.75, 3.05) is 44.2 Å². The molecule has 0 atom stereocenters. The van der Waals surface area contributed by atoms with Gasteiger partial charge < -0.3 is 4.90 Å². The Morgan fingerprint density at radius 2 is 1.41 bits per heavy atom. The number of aromatic nitrogens is 2. The zero-order valence-electron chi connectivity index (χ0n) is 16.5. The van der Waals surface area contributed by atoms with Crippen molar-refractivity contribution in [1.82, 2.24) is 19.8 Å². The number of hydrogen-bond acceptors (Lipinski definition) is 5. The molecule has 3 heterocycles. The van der Waals surface area contributed by atoms with Crippen LogP contribution in [0.25, 0.3) is 0 Å². The van der Waals surface area contributed by atoms with Gasteiger partial charge in [-0.05, 0) is 31.7 Å². The van der Waals surface area contributed by atoms with E-state index in [1.165, 1.54) is 36.0 Å². The van der Waals surface area contributed by atoms with Gasteiger partial charge in [0.2, 0.25) is 5.95 Å². The molecular formula is C22H31N5. The molecule has 0 aliphatic carbocycles. The van der Waals surface area contributed by atoms with Crippen molar-refractivity contribution in [2.45, 2.75) is 39.3 Å². The lowest BCUT2D eigenvalue weighted by Gasteiger charge is -2.34. The van der Waals surface area contributed by atoms with Crippen molar-refractivity contribution < 1.29 is 0 Å². The molecule has 0 N–H and O–H groups in total. The maximum Gasteiger partial charge on any atom is 0.225 e. The van der Waals surface area contributed by atoms with E-state index in [1.54, 1.807) is 0 Å². The van der Waals surface area contributed by atoms with Crippen LogP contribution in [0.15, 0.2) is 36.7 Å². The van der Waals surface area contributed by atoms with Gasteiger partial charge in [0.05, 0.1) is 0 Å². The summed E-state index contributed by atoms with van der Waals surface area (Å²) in [6, 6.07) is 8.86. The largest absolute Gasteiger partial charge is 0.341 e. The maximum absolute atomic E-state index is 4.62. The molecule has 27 heavy (non-hydrogen) atoms. The van der Waals surface area contributed by atoms with Gasteiger partial charge in [-0.3, -0.25) is 9.80 Å². The summed E-state index contributed by atoms with van der Waals surface area (Å²) in [5.41, 5.74) is 3.99. The molecule has 2 aliphatic rings. The lowest BCUT2D eigenvalue weighted by atomic mass is 10.1. The Labute approximate surface area is 163 Å². The molecule has 0 spiro atoms. The Morgan fingerprint density at radius 3 is 2.04 bits per heavy atom. The summed E-state index contributed by atoms with van der Waals surface area (Å²) < 4.78 is 0. The van der Waals surface area contributed by atoms with Crippen LogP contribution < -0.4 is 4.90 Å². The predicted molar refractivity (Wildman–Crippen MR) is 110 cm³/mol. The summed E-state index contributed by atoms with van der Waals surface area (Å²) in [4.78, 5) is 16.6. The van der Waals surface area contributed by atoms with Crippen molar-refractivity contribution in [3.05, 3.63) is 53.3 Å². The molecule has 2 saturated heterocycles. The van der Waals surface area contributed by atoms with Crippen LogP contribution in [0.1, 0.15) is 36.0 Å². The molecule has 2 aliphatic heterocycles. The molecule has 5 heteroatoms. The summed E-state index contributed by atoms with van der Waals surface area (Å²) in [5.74, 6) is 0.904. The number of piperidine rings is 1. The van der Waals surface area contributed by atoms with E-state index in [0.29, 0.717) is 0 Å². The number of hydrogen-bond donors (Lipinski definition) is 0. The van der Waals surface area contributed by atoms with Crippen molar-refractivity contribution in [3.8, 4) is 0 Å². The third-order valence-electron chi connectivity index (χ3n) is 5.69. The van der Waals surface area contributed by atoms with E-state index in [2.05, 4.69) is 55.9 Å². The van der Waals surface area contributed by atoms with Gasteiger partial charge in [-0.25, -0.2) is 9.97 Å². The highest BCUT2D eigenvalue weighted by molar-refractivity contribution is 5.30. The number of benzene rings is 1. The van der Waals surface area contributed by atoms with E-state index in [9.17, 15) is 0 Å². The first-order chi connectivity index (χ1) is 13.3. The second-order valence-electron chi connectivity index (χ2n) is 7.98. The topological polar surface area (TPSA) is 35.5 Å². The molecule has 5 nitrogen and oxygen atoms in total. The van der Waals surface area contributed by atoms with E-state index in [0.717, 1.165) is 58.3 Å². The first-order valence-electron chi connectivity index (χ1n) is 10.3. The first kappa shape index (κ1) is 18.4. The van der Waals surface area contributed by atoms with E-state index in [4.69, 9.17) is 0 Å². The molecule has 0 amide bonds. The van der Waals surface area contributed by atoms with Crippen LogP contribution in [-0.2, 0) is 13.1 Å². The standard InChI is InChI=1S/C22H31N5/c1-19-6-5-7-20(14-19)17-25-10-12-26(13-11-25)18-21-15-23-22(24-16-21)27-8-3-2-4-9-27/h5-7,14-16H,2-4,8-13,17-18H2,1H3. The van der Waals surface area contributed by atoms with Crippen LogP contribution in [0.2, 0.25) is 0 Å². The fraction of sp³-hybridized carbons (Fsp3) is 0.545. The van der Waals surface area contributed by atoms with Gasteiger partial charge >= 0.3 is 0 Å². The zero-order valence-corrected chi connectivity index (χ0v) is 16.5. The smallest absolute Gasteiger partial charge is 0.225 e. The second-order valence-corrected chi connectivity index (χ2v) is 7.98. The summed E-state index contributed by atoms with van der Waals surface area (Å²) in [6.07, 6.45) is 7.91. The Hall–Kier alpha value is -1.98. The molecule has 2 fully saturated rings. The molecule has 1 aromatic carbocycles. The van der Waals surface area contributed by atoms with Gasteiger partial charge in [0.1, 0.15) is 0 Å². The monoisotopic (exact) mass is 365 g/mol. The highest BCUT2D eigenvalue weighted by atomic mass is 15.3. The number of rotatable bonds is 5. The van der Waals surface area contributed by atoms with Crippen molar-refractivity contribution in [3.63, 3.8) is 0 Å². The Morgan fingerprint density at radius 1 is 0.778 bits per heavy atom. The van der Waals surface area contributed by atoms with Crippen molar-refractivity contribution >= 4 is 5.95 Å². The minimum atomic E-state index is 0.904. The van der Waals surface area contributed by atoms with Crippen molar-refractivity contribution in [1.29, 1.82) is 0 Å². The number of piperazine rings is 1. The SMILES string of the molecule is Cc1cccc(CN2CCN(Cc3cnc(N4CCCCC4)nc3)CC2)c1. The Bertz CT molecular complexity index is 716. The average Bonchev–Trinajstić information content (AvgIpc) is 2.71. The van der Waals surface area contributed by atoms with Gasteiger partial charge in [-0.2, -0.15) is 0 Å². The van der Waals surface area contributed by atoms with E-state index in [-0.39, 0.29) is 0 Å². The molecular weight excluding hydrogens is 334 g/mol. The van der Waals surface area contributed by atoms with Crippen LogP contribution in [0.5, 0.6) is 0 Å². The van der Waals surface area contributed by atoms with Crippen molar-refractivity contribution in [2.24, 2.45) is 0 Å². The maximum atomic E-state index is 4.62. The summed E-state index contributed by atoms with van der Waals surface area (Å²) in [5, 5.41) is 0. The average molecular weight is 366 g/mol. The highest BCUT2D eigenvalue weighted by Gasteiger charge is 2.18. The zero-order chi connectivity index (χ0) is 18.5. The van der Waals surface area contributed by atoms with E-state index < -0.39 is 0 Å². The number of nitrogens with zero attached hydrogens (tertiary/aromatic N) is 5. The third-order valence-corrected chi connectivity index (χ3v) is 5.69. The summed E-state index contributed by atoms with van der Waals surface area (Å²) in [6.45, 7) is 10.9. The van der Waals surface area contributed by atoms with Crippen LogP contribution in [0, 0.1) is 6.92 Å². The highest BCUT2D eigenvalue weighted by Crippen LogP contribution is 2.16. The molecule has 0 unspecified atom stereocenters. The fourth-order valence-electron chi connectivity index (χ4n) is 4.12. The normalized spacial score (nSPS) is 19.4. The molecule has 144 valence electrons. The minimum absolute atomic E-state index is 0.904. The van der Waals surface area contributed by atoms with E-state index in [1.807, 2.05) is 12.4 Å². The quantitative estimate of drug-likeness (QED) is 0.814. The molecule has 0 radical (unpaired) electrons. The molecule has 2 aromatic rings. The number of anilines is 1. The van der Waals surface area contributed by atoms with Gasteiger partial charge in [-0.1, -0.05) is 29.8 Å². The summed E-state index contributed by atoms with van der Waals surface area (Å²) >= 11 is 0. The van der Waals surface area contributed by atoms with Gasteiger partial charge in [0, 0.05) is 70.3 Å². The summed E-state index contributed by atoms with van der Waals surface area (Å²) in [7, 11) is 0. The van der Waals surface area contributed by atoms with Gasteiger partial charge in [0.15, 0.2) is 0 Å². The fourth-order valence-corrected chi connectivity index (χ4v) is 4.12. The van der Waals surface area contributed by atoms with Crippen LogP contribution in [0.4, 0.5) is 5.95 Å². The molecule has 0 saturated carbocycles. The van der Waals surface area contributed by atoms with Crippen LogP contribution in [0.3, 0.4) is 0 Å². The molecule has 1 aromatic heterocycles. The van der Waals surface area contributed by atoms with Crippen LogP contribution >= 0.6 is 0 Å². The molecule has 0 bridgehead atoms. The minimum Gasteiger partial charge on any atom is -0.341 e. The van der Waals surface area contributed by atoms with Crippen LogP contribution in [-0.4, -0.2) is 59.0 Å².